The standard InChI is InChI=1S/C42H47FN3O6PS2Si/c1-29(52-56(3,4)5)37-38(35(25-43)36(47)27-54-42-45-44-28-55-42)46(39(37)48)40(41(49)51-26-30-21-23-31(50-2)24-22-30)53(32-15-9-6-10-16-32,33-17-11-7-12-18-33)34-19-13-8-14-20-34/h6-24,28-29,35-38,47H,25-27H2,1-5H3/t29-,35-,36+,37-,38-/m1/s1. The average molecular weight is 832 g/mol. The van der Waals surface area contributed by atoms with Gasteiger partial charge in [0.25, 0.3) is 0 Å². The molecule has 1 aromatic heterocycles. The minimum absolute atomic E-state index is 0.0936. The third kappa shape index (κ3) is 8.88. The van der Waals surface area contributed by atoms with E-state index in [4.69, 9.17) is 13.9 Å². The molecule has 6 rings (SSSR count). The normalized spacial score (nSPS) is 17.4. The molecular formula is C42H47FN3O6PS2Si. The van der Waals surface area contributed by atoms with Crippen LogP contribution in [0.25, 0.3) is 0 Å². The number of benzene rings is 4. The van der Waals surface area contributed by atoms with E-state index >= 15 is 14.0 Å². The summed E-state index contributed by atoms with van der Waals surface area (Å²) in [5.41, 5.74) is 2.43. The molecule has 4 aromatic carbocycles. The largest absolute Gasteiger partial charge is 0.497 e. The van der Waals surface area contributed by atoms with Crippen molar-refractivity contribution in [2.45, 2.75) is 55.8 Å². The fourth-order valence-corrected chi connectivity index (χ4v) is 14.6. The molecule has 0 spiro atoms. The molecule has 1 fully saturated rings. The number of alkyl halides is 1. The van der Waals surface area contributed by atoms with E-state index in [9.17, 15) is 5.11 Å². The Labute approximate surface area is 337 Å². The summed E-state index contributed by atoms with van der Waals surface area (Å²) in [5.74, 6) is -2.27. The van der Waals surface area contributed by atoms with Crippen molar-refractivity contribution in [3.63, 3.8) is 0 Å². The van der Waals surface area contributed by atoms with Gasteiger partial charge < -0.3 is 23.9 Å². The van der Waals surface area contributed by atoms with Gasteiger partial charge in [-0.05, 0) is 60.2 Å². The van der Waals surface area contributed by atoms with Gasteiger partial charge in [-0.15, -0.1) is 10.2 Å². The Hall–Kier alpha value is -4.10. The highest BCUT2D eigenvalue weighted by Gasteiger charge is 2.59. The van der Waals surface area contributed by atoms with Gasteiger partial charge in [0.15, 0.2) is 12.7 Å². The number of thioether (sulfide) groups is 1. The van der Waals surface area contributed by atoms with Crippen molar-refractivity contribution >= 4 is 71.5 Å². The van der Waals surface area contributed by atoms with Gasteiger partial charge in [-0.3, -0.25) is 9.18 Å². The number of esters is 1. The number of carbonyl (C=O) groups is 2. The maximum atomic E-state index is 15.8. The van der Waals surface area contributed by atoms with Crippen molar-refractivity contribution in [3.8, 4) is 5.75 Å². The second-order valence-electron chi connectivity index (χ2n) is 14.5. The van der Waals surface area contributed by atoms with Gasteiger partial charge in [0.05, 0.1) is 38.0 Å². The number of methoxy groups -OCH3 is 1. The Morgan fingerprint density at radius 1 is 0.929 bits per heavy atom. The molecule has 1 aliphatic heterocycles. The van der Waals surface area contributed by atoms with Crippen LogP contribution in [-0.2, 0) is 25.4 Å². The van der Waals surface area contributed by atoms with Gasteiger partial charge >= 0.3 is 5.97 Å². The number of carbonyl (C=O) groups excluding carboxylic acids is 2. The monoisotopic (exact) mass is 831 g/mol. The average Bonchev–Trinajstić information content (AvgIpc) is 3.73. The number of aromatic nitrogens is 2. The lowest BCUT2D eigenvalue weighted by Gasteiger charge is -2.55. The molecule has 0 bridgehead atoms. The highest BCUT2D eigenvalue weighted by Crippen LogP contribution is 2.51. The van der Waals surface area contributed by atoms with Gasteiger partial charge in [0.1, 0.15) is 23.3 Å². The second-order valence-corrected chi connectivity index (χ2v) is 24.4. The minimum atomic E-state index is -3.31. The smallest absolute Gasteiger partial charge is 0.356 e. The van der Waals surface area contributed by atoms with Crippen LogP contribution in [0, 0.1) is 11.8 Å². The molecule has 2 heterocycles. The van der Waals surface area contributed by atoms with Crippen molar-refractivity contribution in [2.24, 2.45) is 11.8 Å². The maximum Gasteiger partial charge on any atom is 0.356 e. The van der Waals surface area contributed by atoms with E-state index in [-0.39, 0.29) is 23.7 Å². The number of nitrogens with zero attached hydrogens (tertiary/aromatic N) is 3. The van der Waals surface area contributed by atoms with E-state index in [1.807, 2.05) is 130 Å². The van der Waals surface area contributed by atoms with E-state index in [1.165, 1.54) is 28.0 Å². The Bertz CT molecular complexity index is 2010. The fraction of sp³-hybridized carbons (Fsp3) is 0.310. The molecule has 0 unspecified atom stereocenters. The number of amides is 1. The molecule has 0 radical (unpaired) electrons. The zero-order chi connectivity index (χ0) is 39.9. The van der Waals surface area contributed by atoms with Crippen LogP contribution in [0.1, 0.15) is 12.5 Å². The van der Waals surface area contributed by atoms with E-state index in [0.717, 1.165) is 15.9 Å². The third-order valence-corrected chi connectivity index (χ3v) is 17.0. The number of hydrogen-bond donors (Lipinski definition) is 1. The molecule has 5 atom stereocenters. The lowest BCUT2D eigenvalue weighted by molar-refractivity contribution is -0.163. The van der Waals surface area contributed by atoms with Crippen LogP contribution in [0.15, 0.2) is 125 Å². The van der Waals surface area contributed by atoms with Crippen LogP contribution in [0.5, 0.6) is 5.75 Å². The molecule has 1 saturated heterocycles. The predicted octanol–water partition coefficient (Wildman–Crippen LogP) is 6.52. The van der Waals surface area contributed by atoms with Gasteiger partial charge in [0.2, 0.25) is 5.91 Å². The summed E-state index contributed by atoms with van der Waals surface area (Å²) in [7, 11) is -0.637. The third-order valence-electron chi connectivity index (χ3n) is 9.75. The lowest BCUT2D eigenvalue weighted by Crippen LogP contribution is -2.72. The molecule has 1 aliphatic rings. The number of aliphatic hydroxyl groups excluding tert-OH is 1. The Morgan fingerprint density at radius 3 is 1.95 bits per heavy atom. The summed E-state index contributed by atoms with van der Waals surface area (Å²) < 4.78 is 34.5. The Kier molecular flexibility index (Phi) is 13.7. The number of rotatable bonds is 17. The lowest BCUT2D eigenvalue weighted by atomic mass is 9.74. The van der Waals surface area contributed by atoms with E-state index in [1.54, 1.807) is 24.8 Å². The Morgan fingerprint density at radius 2 is 1.48 bits per heavy atom. The summed E-state index contributed by atoms with van der Waals surface area (Å²) in [6, 6.07) is 35.3. The van der Waals surface area contributed by atoms with Crippen LogP contribution in [0.2, 0.25) is 19.6 Å². The quantitative estimate of drug-likeness (QED) is 0.0369. The zero-order valence-corrected chi connectivity index (χ0v) is 35.6. The molecule has 0 aliphatic carbocycles. The number of hydrogen-bond acceptors (Lipinski definition) is 10. The van der Waals surface area contributed by atoms with E-state index in [2.05, 4.69) is 10.2 Å². The summed E-state index contributed by atoms with van der Waals surface area (Å²) in [6.07, 6.45) is -1.84. The molecule has 1 N–H and O–H groups in total. The molecule has 9 nitrogen and oxygen atoms in total. The molecule has 56 heavy (non-hydrogen) atoms. The van der Waals surface area contributed by atoms with E-state index < -0.39 is 57.9 Å². The zero-order valence-electron chi connectivity index (χ0n) is 32.0. The number of β-lactam (4-membered cyclic amide) rings is 1. The highest BCUT2D eigenvalue weighted by molar-refractivity contribution is 8.01. The molecule has 5 aromatic rings. The van der Waals surface area contributed by atoms with Gasteiger partial charge in [-0.1, -0.05) is 126 Å². The maximum absolute atomic E-state index is 15.8. The minimum Gasteiger partial charge on any atom is -0.497 e. The first-order valence-electron chi connectivity index (χ1n) is 18.4. The predicted molar refractivity (Wildman–Crippen MR) is 227 cm³/mol. The van der Waals surface area contributed by atoms with Crippen LogP contribution in [0.3, 0.4) is 0 Å². The van der Waals surface area contributed by atoms with Gasteiger partial charge in [-0.2, -0.15) is 0 Å². The summed E-state index contributed by atoms with van der Waals surface area (Å²) in [5, 5.41) is 22.2. The van der Waals surface area contributed by atoms with Crippen molar-refractivity contribution in [2.75, 3.05) is 19.5 Å². The molecule has 1 amide bonds. The molecular weight excluding hydrogens is 785 g/mol. The number of ether oxygens (including phenoxy) is 2. The summed E-state index contributed by atoms with van der Waals surface area (Å²) in [6.45, 7) is 3.57. The topological polar surface area (TPSA) is 111 Å². The number of likely N-dealkylation sites (tertiary alicyclic amines) is 1. The van der Waals surface area contributed by atoms with Crippen molar-refractivity contribution in [1.29, 1.82) is 0 Å². The van der Waals surface area contributed by atoms with Crippen LogP contribution in [0.4, 0.5) is 4.39 Å². The van der Waals surface area contributed by atoms with Crippen molar-refractivity contribution < 1.29 is 33.0 Å². The second kappa shape index (κ2) is 18.4. The summed E-state index contributed by atoms with van der Waals surface area (Å²) >= 11 is 2.60. The van der Waals surface area contributed by atoms with Crippen LogP contribution in [-0.4, -0.2) is 83.6 Å². The molecule has 294 valence electrons. The molecule has 0 saturated carbocycles. The van der Waals surface area contributed by atoms with Crippen LogP contribution >= 0.6 is 30.0 Å². The van der Waals surface area contributed by atoms with Gasteiger partial charge in [-0.25, -0.2) is 4.79 Å². The van der Waals surface area contributed by atoms with Crippen molar-refractivity contribution in [1.82, 2.24) is 15.1 Å². The first-order valence-corrected chi connectivity index (χ1v) is 25.4. The SMILES string of the molecule is COc1ccc(COC(=O)C(N2C(=O)[C@H]([C@@H](C)O[Si](C)(C)C)[C@H]2[C@H](CF)[C@@H](O)CSc2nncs2)=P(c2ccccc2)(c2ccccc2)c2ccccc2)cc1. The summed E-state index contributed by atoms with van der Waals surface area (Å²) in [4.78, 5) is 31.9. The highest BCUT2D eigenvalue weighted by atomic mass is 32.2. The first-order chi connectivity index (χ1) is 27.0. The van der Waals surface area contributed by atoms with Crippen molar-refractivity contribution in [3.05, 3.63) is 126 Å². The van der Waals surface area contributed by atoms with E-state index in [0.29, 0.717) is 15.7 Å². The van der Waals surface area contributed by atoms with Crippen LogP contribution < -0.4 is 20.7 Å². The molecule has 14 heteroatoms. The number of aliphatic hydroxyl groups is 1. The van der Waals surface area contributed by atoms with Gasteiger partial charge in [0, 0.05) is 18.6 Å². The fourth-order valence-electron chi connectivity index (χ4n) is 7.37. The Balaban J connectivity index is 1.62. The number of halogens is 1. The first kappa shape index (κ1) is 41.5.